The molecule has 0 atom stereocenters. The lowest BCUT2D eigenvalue weighted by Crippen LogP contribution is -2.13. The molecule has 2 aromatic rings. The topological polar surface area (TPSA) is 49.3 Å². The average Bonchev–Trinajstić information content (AvgIpc) is 2.28. The van der Waals surface area contributed by atoms with Crippen LogP contribution in [-0.2, 0) is 0 Å². The van der Waals surface area contributed by atoms with Gasteiger partial charge in [-0.25, -0.2) is 4.39 Å². The Kier molecular flexibility index (Phi) is 3.28. The number of aromatic hydroxyl groups is 1. The molecule has 0 fully saturated rings. The van der Waals surface area contributed by atoms with E-state index >= 15 is 0 Å². The molecule has 0 aromatic heterocycles. The zero-order valence-corrected chi connectivity index (χ0v) is 9.77. The first kappa shape index (κ1) is 12.1. The number of carbonyl (C=O) groups excluding carboxylic acids is 1. The Balaban J connectivity index is 2.22. The summed E-state index contributed by atoms with van der Waals surface area (Å²) in [6, 6.07) is 10.6. The molecular formula is C14H12FNO2. The molecule has 0 heterocycles. The number of halogens is 1. The third-order valence-electron chi connectivity index (χ3n) is 2.47. The van der Waals surface area contributed by atoms with Crippen molar-refractivity contribution < 1.29 is 14.3 Å². The highest BCUT2D eigenvalue weighted by atomic mass is 19.1. The Bertz CT molecular complexity index is 596. The Morgan fingerprint density at radius 2 is 2.00 bits per heavy atom. The molecule has 0 saturated carbocycles. The lowest BCUT2D eigenvalue weighted by Gasteiger charge is -2.07. The number of anilines is 1. The second kappa shape index (κ2) is 4.87. The lowest BCUT2D eigenvalue weighted by atomic mass is 10.1. The van der Waals surface area contributed by atoms with Crippen molar-refractivity contribution in [2.75, 3.05) is 5.32 Å². The average molecular weight is 245 g/mol. The number of carbonyl (C=O) groups is 1. The fraction of sp³-hybridized carbons (Fsp3) is 0.0714. The van der Waals surface area contributed by atoms with Crippen LogP contribution in [0, 0.1) is 12.7 Å². The Hall–Kier alpha value is -2.36. The molecule has 0 bridgehead atoms. The number of amides is 1. The van der Waals surface area contributed by atoms with Gasteiger partial charge in [0.2, 0.25) is 0 Å². The highest BCUT2D eigenvalue weighted by Crippen LogP contribution is 2.17. The van der Waals surface area contributed by atoms with Crippen LogP contribution in [0.2, 0.25) is 0 Å². The van der Waals surface area contributed by atoms with E-state index in [1.165, 1.54) is 12.1 Å². The van der Waals surface area contributed by atoms with E-state index in [4.69, 9.17) is 5.11 Å². The van der Waals surface area contributed by atoms with E-state index in [9.17, 15) is 9.18 Å². The van der Waals surface area contributed by atoms with Crippen molar-refractivity contribution in [3.8, 4) is 5.75 Å². The summed E-state index contributed by atoms with van der Waals surface area (Å²) in [4.78, 5) is 11.8. The Morgan fingerprint density at radius 3 is 2.67 bits per heavy atom. The van der Waals surface area contributed by atoms with Crippen molar-refractivity contribution in [2.24, 2.45) is 0 Å². The number of rotatable bonds is 2. The second-order valence-electron chi connectivity index (χ2n) is 3.99. The fourth-order valence-corrected chi connectivity index (χ4v) is 1.61. The van der Waals surface area contributed by atoms with Crippen LogP contribution in [0.3, 0.4) is 0 Å². The molecule has 1 amide bonds. The number of aryl methyl sites for hydroxylation is 1. The molecule has 2 N–H and O–H groups in total. The van der Waals surface area contributed by atoms with Crippen LogP contribution >= 0.6 is 0 Å². The number of phenols is 1. The summed E-state index contributed by atoms with van der Waals surface area (Å²) in [7, 11) is 0. The van der Waals surface area contributed by atoms with Crippen molar-refractivity contribution in [3.05, 3.63) is 59.4 Å². The largest absolute Gasteiger partial charge is 0.508 e. The van der Waals surface area contributed by atoms with E-state index < -0.39 is 11.7 Å². The van der Waals surface area contributed by atoms with Gasteiger partial charge in [0.05, 0.1) is 5.56 Å². The first-order valence-corrected chi connectivity index (χ1v) is 5.43. The quantitative estimate of drug-likeness (QED) is 0.854. The number of nitrogens with one attached hydrogen (secondary N) is 1. The van der Waals surface area contributed by atoms with Gasteiger partial charge in [-0.15, -0.1) is 0 Å². The molecule has 0 aliphatic heterocycles. The molecule has 0 radical (unpaired) electrons. The molecule has 3 nitrogen and oxygen atoms in total. The van der Waals surface area contributed by atoms with Gasteiger partial charge in [0, 0.05) is 11.8 Å². The third-order valence-corrected chi connectivity index (χ3v) is 2.47. The van der Waals surface area contributed by atoms with Crippen molar-refractivity contribution in [2.45, 2.75) is 6.92 Å². The van der Waals surface area contributed by atoms with Crippen molar-refractivity contribution >= 4 is 11.6 Å². The minimum absolute atomic E-state index is 0.102. The predicted octanol–water partition coefficient (Wildman–Crippen LogP) is 3.09. The van der Waals surface area contributed by atoms with Crippen molar-refractivity contribution in [3.63, 3.8) is 0 Å². The van der Waals surface area contributed by atoms with E-state index in [0.29, 0.717) is 5.69 Å². The zero-order chi connectivity index (χ0) is 13.1. The van der Waals surface area contributed by atoms with Crippen LogP contribution < -0.4 is 5.32 Å². The monoisotopic (exact) mass is 245 g/mol. The molecule has 4 heteroatoms. The molecular weight excluding hydrogens is 233 g/mol. The number of benzene rings is 2. The molecule has 0 aliphatic carbocycles. The Labute approximate surface area is 104 Å². The van der Waals surface area contributed by atoms with Crippen LogP contribution in [0.5, 0.6) is 5.75 Å². The minimum atomic E-state index is -0.750. The van der Waals surface area contributed by atoms with E-state index in [2.05, 4.69) is 5.32 Å². The molecule has 0 aliphatic rings. The van der Waals surface area contributed by atoms with Crippen molar-refractivity contribution in [1.82, 2.24) is 0 Å². The van der Waals surface area contributed by atoms with Crippen LogP contribution in [0.4, 0.5) is 10.1 Å². The molecule has 2 rings (SSSR count). The van der Waals surface area contributed by atoms with Gasteiger partial charge in [-0.1, -0.05) is 12.1 Å². The molecule has 0 spiro atoms. The number of phenolic OH excluding ortho intramolecular Hbond substituents is 1. The minimum Gasteiger partial charge on any atom is -0.508 e. The molecule has 18 heavy (non-hydrogen) atoms. The van der Waals surface area contributed by atoms with Gasteiger partial charge >= 0.3 is 0 Å². The molecule has 2 aromatic carbocycles. The molecule has 0 saturated heterocycles. The summed E-state index contributed by atoms with van der Waals surface area (Å²) >= 11 is 0. The van der Waals surface area contributed by atoms with Gasteiger partial charge in [0.25, 0.3) is 5.91 Å². The van der Waals surface area contributed by atoms with Gasteiger partial charge < -0.3 is 10.4 Å². The third kappa shape index (κ3) is 2.66. The highest BCUT2D eigenvalue weighted by molar-refractivity contribution is 6.04. The van der Waals surface area contributed by atoms with Gasteiger partial charge in [0.1, 0.15) is 11.6 Å². The number of hydrogen-bond acceptors (Lipinski definition) is 2. The molecule has 92 valence electrons. The highest BCUT2D eigenvalue weighted by Gasteiger charge is 2.12. The summed E-state index contributed by atoms with van der Waals surface area (Å²) in [5.74, 6) is -1.50. The second-order valence-corrected chi connectivity index (χ2v) is 3.99. The standard InChI is InChI=1S/C14H12FNO2/c1-9-3-2-4-10(7-9)16-14(18)12-6-5-11(17)8-13(12)15/h2-8,17H,1H3,(H,16,18). The van der Waals surface area contributed by atoms with E-state index in [-0.39, 0.29) is 11.3 Å². The lowest BCUT2D eigenvalue weighted by molar-refractivity contribution is 0.102. The SMILES string of the molecule is Cc1cccc(NC(=O)c2ccc(O)cc2F)c1. The van der Waals surface area contributed by atoms with E-state index in [1.807, 2.05) is 13.0 Å². The van der Waals surface area contributed by atoms with E-state index in [0.717, 1.165) is 11.6 Å². The van der Waals surface area contributed by atoms with Crippen LogP contribution in [0.1, 0.15) is 15.9 Å². The summed E-state index contributed by atoms with van der Waals surface area (Å²) in [5.41, 5.74) is 1.50. The molecule has 0 unspecified atom stereocenters. The Morgan fingerprint density at radius 1 is 1.22 bits per heavy atom. The van der Waals surface area contributed by atoms with Crippen LogP contribution in [0.15, 0.2) is 42.5 Å². The van der Waals surface area contributed by atoms with E-state index in [1.54, 1.807) is 18.2 Å². The first-order chi connectivity index (χ1) is 8.56. The van der Waals surface area contributed by atoms with Gasteiger partial charge in [-0.3, -0.25) is 4.79 Å². The summed E-state index contributed by atoms with van der Waals surface area (Å²) < 4.78 is 13.5. The first-order valence-electron chi connectivity index (χ1n) is 5.43. The fourth-order valence-electron chi connectivity index (χ4n) is 1.61. The zero-order valence-electron chi connectivity index (χ0n) is 9.77. The maximum atomic E-state index is 13.5. The number of hydrogen-bond donors (Lipinski definition) is 2. The van der Waals surface area contributed by atoms with Gasteiger partial charge in [-0.05, 0) is 36.8 Å². The summed E-state index contributed by atoms with van der Waals surface area (Å²) in [6.45, 7) is 1.90. The van der Waals surface area contributed by atoms with Gasteiger partial charge in [-0.2, -0.15) is 0 Å². The van der Waals surface area contributed by atoms with Gasteiger partial charge in [0.15, 0.2) is 0 Å². The van der Waals surface area contributed by atoms with Crippen LogP contribution in [-0.4, -0.2) is 11.0 Å². The smallest absolute Gasteiger partial charge is 0.258 e. The normalized spacial score (nSPS) is 10.1. The summed E-state index contributed by atoms with van der Waals surface area (Å²) in [6.07, 6.45) is 0. The predicted molar refractivity (Wildman–Crippen MR) is 67.2 cm³/mol. The van der Waals surface area contributed by atoms with Crippen molar-refractivity contribution in [1.29, 1.82) is 0 Å². The maximum absolute atomic E-state index is 13.5. The maximum Gasteiger partial charge on any atom is 0.258 e. The summed E-state index contributed by atoms with van der Waals surface area (Å²) in [5, 5.41) is 11.7. The van der Waals surface area contributed by atoms with Crippen LogP contribution in [0.25, 0.3) is 0 Å².